The Bertz CT molecular complexity index is 2120. The molecule has 0 N–H and O–H groups in total. The van der Waals surface area contributed by atoms with Gasteiger partial charge < -0.3 is 4.57 Å². The number of para-hydroxylation sites is 2. The van der Waals surface area contributed by atoms with Gasteiger partial charge in [0, 0.05) is 37.7 Å². The molecule has 0 fully saturated rings. The molecule has 8 aromatic rings. The molecule has 3 nitrogen and oxygen atoms in total. The Morgan fingerprint density at radius 3 is 2.05 bits per heavy atom. The van der Waals surface area contributed by atoms with Gasteiger partial charge in [-0.05, 0) is 30.3 Å². The van der Waals surface area contributed by atoms with Crippen LogP contribution in [-0.2, 0) is 0 Å². The van der Waals surface area contributed by atoms with Crippen molar-refractivity contribution in [3.8, 4) is 28.3 Å². The van der Waals surface area contributed by atoms with E-state index < -0.39 is 0 Å². The molecular weight excluding hydrogens is 482 g/mol. The van der Waals surface area contributed by atoms with Gasteiger partial charge in [-0.3, -0.25) is 0 Å². The van der Waals surface area contributed by atoms with E-state index in [9.17, 15) is 0 Å². The van der Waals surface area contributed by atoms with Gasteiger partial charge in [-0.1, -0.05) is 97.1 Å². The monoisotopic (exact) mass is 503 g/mol. The van der Waals surface area contributed by atoms with E-state index in [2.05, 4.69) is 114 Å². The summed E-state index contributed by atoms with van der Waals surface area (Å²) in [6, 6.07) is 44.7. The van der Waals surface area contributed by atoms with Gasteiger partial charge in [0.15, 0.2) is 5.82 Å². The Morgan fingerprint density at radius 1 is 0.526 bits per heavy atom. The molecule has 3 aromatic heterocycles. The highest BCUT2D eigenvalue weighted by molar-refractivity contribution is 7.26. The summed E-state index contributed by atoms with van der Waals surface area (Å²) in [5.74, 6) is 0.750. The first-order valence-electron chi connectivity index (χ1n) is 12.7. The minimum Gasteiger partial charge on any atom is -0.309 e. The summed E-state index contributed by atoms with van der Waals surface area (Å²) < 4.78 is 4.70. The van der Waals surface area contributed by atoms with Gasteiger partial charge in [0.2, 0.25) is 0 Å². The van der Waals surface area contributed by atoms with E-state index in [4.69, 9.17) is 9.97 Å². The zero-order chi connectivity index (χ0) is 25.1. The number of aromatic nitrogens is 3. The molecule has 178 valence electrons. The Morgan fingerprint density at radius 2 is 1.21 bits per heavy atom. The number of benzene rings is 5. The minimum atomic E-state index is 0.750. The fourth-order valence-electron chi connectivity index (χ4n) is 5.48. The topological polar surface area (TPSA) is 30.7 Å². The average Bonchev–Trinajstić information content (AvgIpc) is 3.53. The van der Waals surface area contributed by atoms with Crippen LogP contribution < -0.4 is 0 Å². The van der Waals surface area contributed by atoms with E-state index in [1.165, 1.54) is 31.9 Å². The molecular formula is C34H21N3S. The Labute approximate surface area is 223 Å². The SMILES string of the molecule is c1ccc(-c2nc(-c3ccc4c5ccccc5n(-c5ccccc5)c4c3)c3sc4ccccc4c3n2)cc1. The molecule has 0 bridgehead atoms. The second-order valence-electron chi connectivity index (χ2n) is 9.46. The lowest BCUT2D eigenvalue weighted by molar-refractivity contribution is 1.18. The molecule has 0 saturated heterocycles. The molecule has 3 heterocycles. The van der Waals surface area contributed by atoms with Crippen LogP contribution in [0, 0.1) is 0 Å². The molecule has 0 spiro atoms. The summed E-state index contributed by atoms with van der Waals surface area (Å²) in [7, 11) is 0. The van der Waals surface area contributed by atoms with Gasteiger partial charge in [0.25, 0.3) is 0 Å². The van der Waals surface area contributed by atoms with Gasteiger partial charge in [0.05, 0.1) is 26.9 Å². The van der Waals surface area contributed by atoms with Crippen molar-refractivity contribution in [2.75, 3.05) is 0 Å². The highest BCUT2D eigenvalue weighted by Crippen LogP contribution is 2.41. The van der Waals surface area contributed by atoms with Gasteiger partial charge in [0.1, 0.15) is 0 Å². The number of thiophene rings is 1. The van der Waals surface area contributed by atoms with Crippen molar-refractivity contribution in [3.63, 3.8) is 0 Å². The Kier molecular flexibility index (Phi) is 4.69. The molecule has 38 heavy (non-hydrogen) atoms. The molecule has 0 aliphatic rings. The Balaban J connectivity index is 1.46. The lowest BCUT2D eigenvalue weighted by Gasteiger charge is -2.10. The third kappa shape index (κ3) is 3.21. The fraction of sp³-hybridized carbons (Fsp3) is 0. The average molecular weight is 504 g/mol. The number of hydrogen-bond acceptors (Lipinski definition) is 3. The molecule has 0 unspecified atom stereocenters. The summed E-state index contributed by atoms with van der Waals surface area (Å²) in [6.07, 6.45) is 0. The maximum atomic E-state index is 5.19. The van der Waals surface area contributed by atoms with Crippen molar-refractivity contribution in [1.82, 2.24) is 14.5 Å². The number of nitrogens with zero attached hydrogens (tertiary/aromatic N) is 3. The molecule has 5 aromatic carbocycles. The van der Waals surface area contributed by atoms with Crippen molar-refractivity contribution in [3.05, 3.63) is 127 Å². The predicted molar refractivity (Wildman–Crippen MR) is 160 cm³/mol. The number of fused-ring (bicyclic) bond motifs is 6. The van der Waals surface area contributed by atoms with Crippen LogP contribution in [0.5, 0.6) is 0 Å². The van der Waals surface area contributed by atoms with Crippen molar-refractivity contribution >= 4 is 53.4 Å². The van der Waals surface area contributed by atoms with Crippen molar-refractivity contribution in [1.29, 1.82) is 0 Å². The van der Waals surface area contributed by atoms with E-state index in [1.54, 1.807) is 11.3 Å². The summed E-state index contributed by atoms with van der Waals surface area (Å²) >= 11 is 1.77. The second kappa shape index (κ2) is 8.37. The minimum absolute atomic E-state index is 0.750. The van der Waals surface area contributed by atoms with Crippen LogP contribution in [0.25, 0.3) is 70.4 Å². The first-order chi connectivity index (χ1) is 18.8. The van der Waals surface area contributed by atoms with E-state index >= 15 is 0 Å². The zero-order valence-corrected chi connectivity index (χ0v) is 21.2. The first kappa shape index (κ1) is 21.3. The molecule has 8 rings (SSSR count). The van der Waals surface area contributed by atoms with Crippen molar-refractivity contribution in [2.24, 2.45) is 0 Å². The summed E-state index contributed by atoms with van der Waals surface area (Å²) in [4.78, 5) is 10.3. The van der Waals surface area contributed by atoms with E-state index in [1.807, 2.05) is 18.2 Å². The van der Waals surface area contributed by atoms with E-state index in [-0.39, 0.29) is 0 Å². The predicted octanol–water partition coefficient (Wildman–Crippen LogP) is 9.28. The summed E-state index contributed by atoms with van der Waals surface area (Å²) in [5.41, 5.74) is 7.61. The van der Waals surface area contributed by atoms with Crippen LogP contribution in [0.2, 0.25) is 0 Å². The smallest absolute Gasteiger partial charge is 0.160 e. The van der Waals surface area contributed by atoms with Gasteiger partial charge >= 0.3 is 0 Å². The van der Waals surface area contributed by atoms with E-state index in [0.29, 0.717) is 0 Å². The van der Waals surface area contributed by atoms with Crippen molar-refractivity contribution < 1.29 is 0 Å². The van der Waals surface area contributed by atoms with Crippen LogP contribution in [0.3, 0.4) is 0 Å². The molecule has 0 atom stereocenters. The first-order valence-corrected chi connectivity index (χ1v) is 13.5. The van der Waals surface area contributed by atoms with Crippen LogP contribution in [0.1, 0.15) is 0 Å². The third-order valence-corrected chi connectivity index (χ3v) is 8.38. The van der Waals surface area contributed by atoms with Gasteiger partial charge in [-0.25, -0.2) is 9.97 Å². The lowest BCUT2D eigenvalue weighted by atomic mass is 10.1. The highest BCUT2D eigenvalue weighted by Gasteiger charge is 2.18. The summed E-state index contributed by atoms with van der Waals surface area (Å²) in [6.45, 7) is 0. The molecule has 0 aliphatic carbocycles. The van der Waals surface area contributed by atoms with Crippen LogP contribution in [0.15, 0.2) is 127 Å². The largest absolute Gasteiger partial charge is 0.309 e. The van der Waals surface area contributed by atoms with Crippen LogP contribution >= 0.6 is 11.3 Å². The normalized spacial score (nSPS) is 11.7. The maximum absolute atomic E-state index is 5.19. The number of rotatable bonds is 3. The van der Waals surface area contributed by atoms with Crippen molar-refractivity contribution in [2.45, 2.75) is 0 Å². The van der Waals surface area contributed by atoms with Gasteiger partial charge in [-0.15, -0.1) is 11.3 Å². The molecule has 0 aliphatic heterocycles. The maximum Gasteiger partial charge on any atom is 0.160 e. The lowest BCUT2D eigenvalue weighted by Crippen LogP contribution is -1.95. The number of hydrogen-bond donors (Lipinski definition) is 0. The van der Waals surface area contributed by atoms with E-state index in [0.717, 1.165) is 38.5 Å². The summed E-state index contributed by atoms with van der Waals surface area (Å²) in [5, 5.41) is 3.66. The zero-order valence-electron chi connectivity index (χ0n) is 20.4. The molecule has 0 amide bonds. The fourth-order valence-corrected chi connectivity index (χ4v) is 6.63. The highest BCUT2D eigenvalue weighted by atomic mass is 32.1. The third-order valence-electron chi connectivity index (χ3n) is 7.21. The standard InChI is InChI=1S/C34H21N3S/c1-3-11-22(12-4-1)34-35-31(33-32(36-34)27-16-8-10-18-30(27)38-33)23-19-20-26-25-15-7-9-17-28(25)37(29(26)21-23)24-13-5-2-6-14-24/h1-21H. The van der Waals surface area contributed by atoms with Gasteiger partial charge in [-0.2, -0.15) is 0 Å². The molecule has 0 saturated carbocycles. The molecule has 4 heteroatoms. The van der Waals surface area contributed by atoms with Crippen LogP contribution in [0.4, 0.5) is 0 Å². The quantitative estimate of drug-likeness (QED) is 0.240. The molecule has 0 radical (unpaired) electrons. The Hall–Kier alpha value is -4.80. The van der Waals surface area contributed by atoms with Crippen LogP contribution in [-0.4, -0.2) is 14.5 Å². The second-order valence-corrected chi connectivity index (χ2v) is 10.5.